The van der Waals surface area contributed by atoms with Gasteiger partial charge in [-0.1, -0.05) is 0 Å². The fourth-order valence-electron chi connectivity index (χ4n) is 2.89. The Morgan fingerprint density at radius 2 is 1.81 bits per heavy atom. The molecule has 0 spiro atoms. The molecule has 1 amide bonds. The predicted molar refractivity (Wildman–Crippen MR) is 108 cm³/mol. The van der Waals surface area contributed by atoms with Crippen molar-refractivity contribution in [2.24, 2.45) is 4.99 Å². The van der Waals surface area contributed by atoms with Crippen LogP contribution in [-0.4, -0.2) is 83.4 Å². The Morgan fingerprint density at radius 1 is 1.11 bits per heavy atom. The van der Waals surface area contributed by atoms with Crippen LogP contribution >= 0.6 is 0 Å². The lowest BCUT2D eigenvalue weighted by molar-refractivity contribution is -0.119. The summed E-state index contributed by atoms with van der Waals surface area (Å²) >= 11 is 0. The molecule has 0 unspecified atom stereocenters. The Balaban J connectivity index is 1.87. The van der Waals surface area contributed by atoms with Crippen LogP contribution in [0.25, 0.3) is 0 Å². The Labute approximate surface area is 161 Å². The van der Waals surface area contributed by atoms with E-state index in [1.54, 1.807) is 14.2 Å². The summed E-state index contributed by atoms with van der Waals surface area (Å²) in [5, 5.41) is 6.07. The van der Waals surface area contributed by atoms with E-state index in [1.807, 2.05) is 19.1 Å². The van der Waals surface area contributed by atoms with Crippen molar-refractivity contribution in [2.75, 3.05) is 71.5 Å². The molecule has 1 aliphatic heterocycles. The minimum absolute atomic E-state index is 0.0979. The molecule has 1 heterocycles. The van der Waals surface area contributed by atoms with Crippen molar-refractivity contribution >= 4 is 17.6 Å². The second kappa shape index (κ2) is 11.3. The Morgan fingerprint density at radius 3 is 2.41 bits per heavy atom. The van der Waals surface area contributed by atoms with Crippen molar-refractivity contribution in [1.82, 2.24) is 15.5 Å². The number of piperazine rings is 1. The molecule has 0 atom stereocenters. The third-order valence-corrected chi connectivity index (χ3v) is 4.35. The number of benzene rings is 1. The van der Waals surface area contributed by atoms with Gasteiger partial charge in [-0.3, -0.25) is 4.79 Å². The number of carbonyl (C=O) groups excluding carboxylic acids is 1. The lowest BCUT2D eigenvalue weighted by atomic mass is 10.2. The zero-order chi connectivity index (χ0) is 19.5. The van der Waals surface area contributed by atoms with E-state index in [4.69, 9.17) is 9.47 Å². The van der Waals surface area contributed by atoms with Crippen molar-refractivity contribution in [3.63, 3.8) is 0 Å². The molecular weight excluding hydrogens is 346 g/mol. The number of guanidine groups is 1. The number of aliphatic imine (C=N–C) groups is 1. The van der Waals surface area contributed by atoms with Gasteiger partial charge in [-0.2, -0.15) is 0 Å². The normalized spacial score (nSPS) is 14.9. The van der Waals surface area contributed by atoms with Gasteiger partial charge in [0.2, 0.25) is 5.91 Å². The van der Waals surface area contributed by atoms with Crippen molar-refractivity contribution < 1.29 is 14.3 Å². The van der Waals surface area contributed by atoms with E-state index < -0.39 is 0 Å². The van der Waals surface area contributed by atoms with Crippen LogP contribution in [0.15, 0.2) is 29.3 Å². The molecule has 1 aliphatic rings. The second-order valence-corrected chi connectivity index (χ2v) is 6.19. The number of hydrogen-bond donors (Lipinski definition) is 2. The van der Waals surface area contributed by atoms with Gasteiger partial charge in [0.25, 0.3) is 0 Å². The number of hydrogen-bond acceptors (Lipinski definition) is 5. The maximum atomic E-state index is 11.9. The number of rotatable bonds is 8. The zero-order valence-corrected chi connectivity index (χ0v) is 16.5. The van der Waals surface area contributed by atoms with E-state index in [2.05, 4.69) is 37.6 Å². The molecule has 0 aromatic heterocycles. The van der Waals surface area contributed by atoms with E-state index >= 15 is 0 Å². The molecule has 1 aromatic carbocycles. The van der Waals surface area contributed by atoms with Gasteiger partial charge in [0, 0.05) is 52.1 Å². The van der Waals surface area contributed by atoms with Gasteiger partial charge in [0.1, 0.15) is 12.3 Å². The molecule has 2 rings (SSSR count). The first kappa shape index (κ1) is 20.8. The van der Waals surface area contributed by atoms with Crippen LogP contribution in [-0.2, 0) is 9.53 Å². The van der Waals surface area contributed by atoms with Crippen LogP contribution in [0, 0.1) is 0 Å². The lowest BCUT2D eigenvalue weighted by Crippen LogP contribution is -2.52. The monoisotopic (exact) mass is 377 g/mol. The predicted octanol–water partition coefficient (Wildman–Crippen LogP) is 0.545. The topological polar surface area (TPSA) is 78.4 Å². The summed E-state index contributed by atoms with van der Waals surface area (Å²) in [4.78, 5) is 20.9. The van der Waals surface area contributed by atoms with E-state index in [1.165, 1.54) is 5.69 Å². The molecule has 1 aromatic rings. The summed E-state index contributed by atoms with van der Waals surface area (Å²) in [6, 6.07) is 8.13. The molecule has 1 fully saturated rings. The molecule has 27 heavy (non-hydrogen) atoms. The van der Waals surface area contributed by atoms with E-state index in [-0.39, 0.29) is 12.5 Å². The van der Waals surface area contributed by atoms with Crippen LogP contribution in [0.4, 0.5) is 5.69 Å². The number of amides is 1. The molecule has 0 radical (unpaired) electrons. The first-order valence-electron chi connectivity index (χ1n) is 9.35. The number of nitrogens with zero attached hydrogens (tertiary/aromatic N) is 3. The highest BCUT2D eigenvalue weighted by molar-refractivity contribution is 5.85. The van der Waals surface area contributed by atoms with Gasteiger partial charge in [0.15, 0.2) is 5.96 Å². The molecule has 0 bridgehead atoms. The lowest BCUT2D eigenvalue weighted by Gasteiger charge is -2.37. The maximum absolute atomic E-state index is 11.9. The molecule has 0 saturated carbocycles. The average molecular weight is 377 g/mol. The summed E-state index contributed by atoms with van der Waals surface area (Å²) in [6.45, 7) is 7.42. The number of methoxy groups -OCH3 is 2. The van der Waals surface area contributed by atoms with Crippen molar-refractivity contribution in [3.8, 4) is 5.75 Å². The van der Waals surface area contributed by atoms with Gasteiger partial charge in [-0.05, 0) is 31.2 Å². The molecule has 1 saturated heterocycles. The second-order valence-electron chi connectivity index (χ2n) is 6.19. The summed E-state index contributed by atoms with van der Waals surface area (Å²) in [6.07, 6.45) is 0. The van der Waals surface area contributed by atoms with Crippen LogP contribution < -0.4 is 20.3 Å². The van der Waals surface area contributed by atoms with Crippen molar-refractivity contribution in [1.29, 1.82) is 0 Å². The Bertz CT molecular complexity index is 598. The molecular formula is C19H31N5O3. The fraction of sp³-hybridized carbons (Fsp3) is 0.579. The van der Waals surface area contributed by atoms with Crippen LogP contribution in [0.5, 0.6) is 5.75 Å². The summed E-state index contributed by atoms with van der Waals surface area (Å²) in [5.74, 6) is 1.55. The van der Waals surface area contributed by atoms with Crippen molar-refractivity contribution in [2.45, 2.75) is 6.92 Å². The highest BCUT2D eigenvalue weighted by atomic mass is 16.5. The molecule has 8 nitrogen and oxygen atoms in total. The quantitative estimate of drug-likeness (QED) is 0.391. The van der Waals surface area contributed by atoms with Crippen molar-refractivity contribution in [3.05, 3.63) is 24.3 Å². The largest absolute Gasteiger partial charge is 0.497 e. The first-order chi connectivity index (χ1) is 13.2. The zero-order valence-electron chi connectivity index (χ0n) is 16.5. The minimum atomic E-state index is -0.0979. The summed E-state index contributed by atoms with van der Waals surface area (Å²) < 4.78 is 10.1. The fourth-order valence-corrected chi connectivity index (χ4v) is 2.89. The van der Waals surface area contributed by atoms with Gasteiger partial charge in [-0.25, -0.2) is 4.99 Å². The van der Waals surface area contributed by atoms with Gasteiger partial charge in [-0.15, -0.1) is 0 Å². The van der Waals surface area contributed by atoms with E-state index in [0.717, 1.165) is 44.4 Å². The van der Waals surface area contributed by atoms with Crippen LogP contribution in [0.2, 0.25) is 0 Å². The Hall–Kier alpha value is -2.48. The molecule has 8 heteroatoms. The molecule has 150 valence electrons. The highest BCUT2D eigenvalue weighted by Crippen LogP contribution is 2.20. The number of carbonyl (C=O) groups is 1. The number of nitrogens with one attached hydrogen (secondary N) is 2. The smallest absolute Gasteiger partial charge is 0.241 e. The highest BCUT2D eigenvalue weighted by Gasteiger charge is 2.20. The first-order valence-corrected chi connectivity index (χ1v) is 9.35. The molecule has 2 N–H and O–H groups in total. The Kier molecular flexibility index (Phi) is 8.70. The van der Waals surface area contributed by atoms with Crippen LogP contribution in [0.1, 0.15) is 6.92 Å². The average Bonchev–Trinajstić information content (AvgIpc) is 2.71. The van der Waals surface area contributed by atoms with Gasteiger partial charge in [0.05, 0.1) is 13.7 Å². The van der Waals surface area contributed by atoms with Gasteiger partial charge < -0.3 is 29.9 Å². The third kappa shape index (κ3) is 6.63. The number of ether oxygens (including phenoxy) is 2. The van der Waals surface area contributed by atoms with Gasteiger partial charge >= 0.3 is 0 Å². The van der Waals surface area contributed by atoms with E-state index in [9.17, 15) is 4.79 Å². The number of anilines is 1. The summed E-state index contributed by atoms with van der Waals surface area (Å²) in [7, 11) is 3.28. The SMILES string of the molecule is CCNC(=NCC(=O)NCCOC)N1CCN(c2ccc(OC)cc2)CC1. The minimum Gasteiger partial charge on any atom is -0.497 e. The third-order valence-electron chi connectivity index (χ3n) is 4.35. The summed E-state index contributed by atoms with van der Waals surface area (Å²) in [5.41, 5.74) is 1.19. The maximum Gasteiger partial charge on any atom is 0.241 e. The standard InChI is InChI=1S/C19H31N5O3/c1-4-20-19(22-15-18(25)21-9-14-26-2)24-12-10-23(11-13-24)16-5-7-17(27-3)8-6-16/h5-8H,4,9-15H2,1-3H3,(H,20,22)(H,21,25). The van der Waals surface area contributed by atoms with E-state index in [0.29, 0.717) is 13.2 Å². The van der Waals surface area contributed by atoms with Crippen LogP contribution in [0.3, 0.4) is 0 Å². The molecule has 0 aliphatic carbocycles.